The van der Waals surface area contributed by atoms with Gasteiger partial charge in [0.25, 0.3) is 11.8 Å². The average molecular weight is 381 g/mol. The van der Waals surface area contributed by atoms with Gasteiger partial charge in [-0.3, -0.25) is 14.5 Å². The van der Waals surface area contributed by atoms with E-state index in [0.29, 0.717) is 17.7 Å². The first-order valence-electron chi connectivity index (χ1n) is 9.60. The van der Waals surface area contributed by atoms with Crippen molar-refractivity contribution in [1.29, 1.82) is 0 Å². The van der Waals surface area contributed by atoms with E-state index in [1.54, 1.807) is 24.3 Å². The van der Waals surface area contributed by atoms with Crippen LogP contribution in [0.3, 0.4) is 0 Å². The van der Waals surface area contributed by atoms with Crippen molar-refractivity contribution in [3.63, 3.8) is 0 Å². The number of carbonyl (C=O) groups excluding carboxylic acids is 2. The van der Waals surface area contributed by atoms with Gasteiger partial charge in [-0.25, -0.2) is 0 Å². The van der Waals surface area contributed by atoms with Gasteiger partial charge in [0.05, 0.1) is 13.2 Å². The van der Waals surface area contributed by atoms with Gasteiger partial charge in [0, 0.05) is 43.0 Å². The van der Waals surface area contributed by atoms with E-state index in [-0.39, 0.29) is 11.8 Å². The van der Waals surface area contributed by atoms with E-state index >= 15 is 0 Å². The van der Waals surface area contributed by atoms with E-state index < -0.39 is 0 Å². The summed E-state index contributed by atoms with van der Waals surface area (Å²) >= 11 is 0. The lowest BCUT2D eigenvalue weighted by Gasteiger charge is -2.26. The molecule has 1 fully saturated rings. The van der Waals surface area contributed by atoms with Crippen molar-refractivity contribution in [1.82, 2.24) is 10.2 Å². The van der Waals surface area contributed by atoms with E-state index in [2.05, 4.69) is 15.5 Å². The van der Waals surface area contributed by atoms with Crippen LogP contribution in [0.15, 0.2) is 42.5 Å². The topological polar surface area (TPSA) is 70.7 Å². The lowest BCUT2D eigenvalue weighted by molar-refractivity contribution is 0.0383. The molecule has 1 saturated heterocycles. The Hall–Kier alpha value is -2.70. The predicted octanol–water partition coefficient (Wildman–Crippen LogP) is 2.62. The average Bonchev–Trinajstić information content (AvgIpc) is 2.71. The normalized spacial score (nSPS) is 14.5. The maximum atomic E-state index is 12.4. The maximum Gasteiger partial charge on any atom is 0.255 e. The number of aryl methyl sites for hydroxylation is 2. The molecule has 1 heterocycles. The molecule has 28 heavy (non-hydrogen) atoms. The first kappa shape index (κ1) is 20.0. The Bertz CT molecular complexity index is 827. The summed E-state index contributed by atoms with van der Waals surface area (Å²) in [6, 6.07) is 12.5. The molecule has 2 aromatic carbocycles. The Labute approximate surface area is 165 Å². The molecule has 148 valence electrons. The van der Waals surface area contributed by atoms with E-state index in [0.717, 1.165) is 44.1 Å². The number of anilines is 1. The third-order valence-corrected chi connectivity index (χ3v) is 4.99. The summed E-state index contributed by atoms with van der Waals surface area (Å²) in [7, 11) is 0. The summed E-state index contributed by atoms with van der Waals surface area (Å²) in [6.07, 6.45) is 0. The Morgan fingerprint density at radius 1 is 0.929 bits per heavy atom. The molecule has 0 saturated carbocycles. The van der Waals surface area contributed by atoms with Gasteiger partial charge in [-0.2, -0.15) is 0 Å². The van der Waals surface area contributed by atoms with Gasteiger partial charge in [0.15, 0.2) is 0 Å². The number of nitrogens with zero attached hydrogens (tertiary/aromatic N) is 1. The number of morpholine rings is 1. The highest BCUT2D eigenvalue weighted by molar-refractivity contribution is 6.05. The van der Waals surface area contributed by atoms with Gasteiger partial charge in [0.1, 0.15) is 0 Å². The molecule has 2 amide bonds. The minimum atomic E-state index is -0.192. The van der Waals surface area contributed by atoms with Gasteiger partial charge in [-0.15, -0.1) is 0 Å². The van der Waals surface area contributed by atoms with Crippen molar-refractivity contribution in [2.45, 2.75) is 13.8 Å². The zero-order valence-electron chi connectivity index (χ0n) is 16.5. The van der Waals surface area contributed by atoms with Crippen LogP contribution in [-0.4, -0.2) is 56.1 Å². The number of hydrogen-bond acceptors (Lipinski definition) is 4. The molecule has 0 spiro atoms. The van der Waals surface area contributed by atoms with Crippen LogP contribution in [-0.2, 0) is 4.74 Å². The molecule has 1 aliphatic rings. The Morgan fingerprint density at radius 2 is 1.57 bits per heavy atom. The monoisotopic (exact) mass is 381 g/mol. The molecule has 0 bridgehead atoms. The lowest BCUT2D eigenvalue weighted by Crippen LogP contribution is -2.41. The number of hydrogen-bond donors (Lipinski definition) is 2. The number of amides is 2. The van der Waals surface area contributed by atoms with Crippen LogP contribution in [0, 0.1) is 13.8 Å². The number of rotatable bonds is 6. The number of ether oxygens (including phenoxy) is 1. The minimum Gasteiger partial charge on any atom is -0.379 e. The van der Waals surface area contributed by atoms with E-state index in [9.17, 15) is 9.59 Å². The van der Waals surface area contributed by atoms with Crippen LogP contribution in [0.2, 0.25) is 0 Å². The first-order chi connectivity index (χ1) is 13.5. The van der Waals surface area contributed by atoms with Crippen LogP contribution in [0.25, 0.3) is 0 Å². The van der Waals surface area contributed by atoms with Crippen LogP contribution in [0.5, 0.6) is 0 Å². The molecule has 0 atom stereocenters. The van der Waals surface area contributed by atoms with Gasteiger partial charge in [-0.1, -0.05) is 6.07 Å². The predicted molar refractivity (Wildman–Crippen MR) is 110 cm³/mol. The van der Waals surface area contributed by atoms with Gasteiger partial charge in [-0.05, 0) is 61.4 Å². The number of carbonyl (C=O) groups is 2. The van der Waals surface area contributed by atoms with E-state index in [4.69, 9.17) is 4.74 Å². The van der Waals surface area contributed by atoms with Crippen molar-refractivity contribution in [3.8, 4) is 0 Å². The second kappa shape index (κ2) is 9.48. The Kier molecular flexibility index (Phi) is 6.79. The molecule has 1 aliphatic heterocycles. The first-order valence-corrected chi connectivity index (χ1v) is 9.60. The summed E-state index contributed by atoms with van der Waals surface area (Å²) < 4.78 is 5.31. The Morgan fingerprint density at radius 3 is 2.21 bits per heavy atom. The zero-order chi connectivity index (χ0) is 19.9. The molecular formula is C22H27N3O3. The second-order valence-corrected chi connectivity index (χ2v) is 7.04. The standard InChI is InChI=1S/C22H27N3O3/c1-16-3-8-20(15-17(16)2)24-22(27)19-6-4-18(5-7-19)21(26)23-9-10-25-11-13-28-14-12-25/h3-8,15H,9-14H2,1-2H3,(H,23,26)(H,24,27). The minimum absolute atomic E-state index is 0.130. The van der Waals surface area contributed by atoms with Gasteiger partial charge < -0.3 is 15.4 Å². The van der Waals surface area contributed by atoms with Crippen LogP contribution in [0.1, 0.15) is 31.8 Å². The van der Waals surface area contributed by atoms with Crippen molar-refractivity contribution >= 4 is 17.5 Å². The molecule has 0 radical (unpaired) electrons. The molecular weight excluding hydrogens is 354 g/mol. The third-order valence-electron chi connectivity index (χ3n) is 4.99. The highest BCUT2D eigenvalue weighted by atomic mass is 16.5. The fourth-order valence-corrected chi connectivity index (χ4v) is 3.05. The highest BCUT2D eigenvalue weighted by Crippen LogP contribution is 2.15. The van der Waals surface area contributed by atoms with Crippen molar-refractivity contribution in [2.24, 2.45) is 0 Å². The molecule has 6 nitrogen and oxygen atoms in total. The molecule has 0 aromatic heterocycles. The summed E-state index contributed by atoms with van der Waals surface area (Å²) in [6.45, 7) is 8.75. The van der Waals surface area contributed by atoms with Crippen molar-refractivity contribution in [3.05, 3.63) is 64.7 Å². The van der Waals surface area contributed by atoms with E-state index in [1.165, 1.54) is 5.56 Å². The summed E-state index contributed by atoms with van der Waals surface area (Å²) in [5.74, 6) is -0.322. The SMILES string of the molecule is Cc1ccc(NC(=O)c2ccc(C(=O)NCCN3CCOCC3)cc2)cc1C. The van der Waals surface area contributed by atoms with Crippen molar-refractivity contribution < 1.29 is 14.3 Å². The summed E-state index contributed by atoms with van der Waals surface area (Å²) in [4.78, 5) is 27.0. The molecule has 0 aliphatic carbocycles. The molecule has 2 N–H and O–H groups in total. The van der Waals surface area contributed by atoms with Gasteiger partial charge >= 0.3 is 0 Å². The maximum absolute atomic E-state index is 12.4. The van der Waals surface area contributed by atoms with E-state index in [1.807, 2.05) is 32.0 Å². The van der Waals surface area contributed by atoms with Crippen LogP contribution in [0.4, 0.5) is 5.69 Å². The summed E-state index contributed by atoms with van der Waals surface area (Å²) in [5.41, 5.74) is 4.13. The lowest BCUT2D eigenvalue weighted by atomic mass is 10.1. The fraction of sp³-hybridized carbons (Fsp3) is 0.364. The summed E-state index contributed by atoms with van der Waals surface area (Å²) in [5, 5.41) is 5.81. The molecule has 2 aromatic rings. The largest absolute Gasteiger partial charge is 0.379 e. The quantitative estimate of drug-likeness (QED) is 0.807. The van der Waals surface area contributed by atoms with Crippen LogP contribution >= 0.6 is 0 Å². The van der Waals surface area contributed by atoms with Crippen LogP contribution < -0.4 is 10.6 Å². The molecule has 6 heteroatoms. The number of nitrogens with one attached hydrogen (secondary N) is 2. The van der Waals surface area contributed by atoms with Gasteiger partial charge in [0.2, 0.25) is 0 Å². The third kappa shape index (κ3) is 5.41. The van der Waals surface area contributed by atoms with Crippen molar-refractivity contribution in [2.75, 3.05) is 44.7 Å². The highest BCUT2D eigenvalue weighted by Gasteiger charge is 2.12. The smallest absolute Gasteiger partial charge is 0.255 e. The molecule has 0 unspecified atom stereocenters. The zero-order valence-corrected chi connectivity index (χ0v) is 16.5. The second-order valence-electron chi connectivity index (χ2n) is 7.04. The number of benzene rings is 2. The Balaban J connectivity index is 1.51. The fourth-order valence-electron chi connectivity index (χ4n) is 3.05. The molecule has 3 rings (SSSR count).